The van der Waals surface area contributed by atoms with Crippen molar-refractivity contribution in [2.75, 3.05) is 11.9 Å². The zero-order valence-corrected chi connectivity index (χ0v) is 12.2. The first kappa shape index (κ1) is 13.3. The summed E-state index contributed by atoms with van der Waals surface area (Å²) in [6.07, 6.45) is 3.20. The van der Waals surface area contributed by atoms with Gasteiger partial charge in [-0.3, -0.25) is 9.59 Å². The molecule has 3 heterocycles. The molecule has 2 aromatic heterocycles. The molecule has 0 saturated carbocycles. The van der Waals surface area contributed by atoms with Gasteiger partial charge in [-0.15, -0.1) is 22.7 Å². The molecule has 1 saturated heterocycles. The lowest BCUT2D eigenvalue weighted by molar-refractivity contribution is -0.119. The summed E-state index contributed by atoms with van der Waals surface area (Å²) in [6, 6.07) is 3.24. The zero-order valence-electron chi connectivity index (χ0n) is 10.6. The molecule has 1 fully saturated rings. The van der Waals surface area contributed by atoms with Crippen LogP contribution in [0, 0.1) is 0 Å². The normalized spacial score (nSPS) is 18.2. The third-order valence-electron chi connectivity index (χ3n) is 3.21. The Morgan fingerprint density at radius 3 is 2.95 bits per heavy atom. The number of nitrogens with one attached hydrogen (secondary N) is 1. The number of thiophene rings is 1. The molecular formula is C13H13N3O2S2. The highest BCUT2D eigenvalue weighted by Crippen LogP contribution is 2.23. The lowest BCUT2D eigenvalue weighted by atomic mass is 10.2. The topological polar surface area (TPSA) is 62.3 Å². The van der Waals surface area contributed by atoms with Gasteiger partial charge in [0.15, 0.2) is 5.13 Å². The zero-order chi connectivity index (χ0) is 13.9. The van der Waals surface area contributed by atoms with Gasteiger partial charge in [0.1, 0.15) is 6.04 Å². The Kier molecular flexibility index (Phi) is 3.79. The van der Waals surface area contributed by atoms with Crippen LogP contribution in [0.25, 0.3) is 0 Å². The molecule has 0 aliphatic carbocycles. The number of nitrogens with zero attached hydrogens (tertiary/aromatic N) is 2. The van der Waals surface area contributed by atoms with Gasteiger partial charge in [0.2, 0.25) is 5.91 Å². The van der Waals surface area contributed by atoms with Crippen molar-refractivity contribution in [1.82, 2.24) is 9.88 Å². The van der Waals surface area contributed by atoms with E-state index >= 15 is 0 Å². The number of hydrogen-bond donors (Lipinski definition) is 1. The van der Waals surface area contributed by atoms with Crippen LogP contribution in [-0.4, -0.2) is 34.3 Å². The van der Waals surface area contributed by atoms with Crippen molar-refractivity contribution in [3.63, 3.8) is 0 Å². The molecule has 0 unspecified atom stereocenters. The van der Waals surface area contributed by atoms with Crippen LogP contribution >= 0.6 is 22.7 Å². The Bertz CT molecular complexity index is 595. The van der Waals surface area contributed by atoms with Gasteiger partial charge in [0.05, 0.1) is 4.88 Å². The van der Waals surface area contributed by atoms with E-state index in [1.165, 1.54) is 22.7 Å². The predicted molar refractivity (Wildman–Crippen MR) is 79.1 cm³/mol. The first-order chi connectivity index (χ1) is 9.75. The fourth-order valence-electron chi connectivity index (χ4n) is 2.30. The van der Waals surface area contributed by atoms with Gasteiger partial charge in [0.25, 0.3) is 5.91 Å². The van der Waals surface area contributed by atoms with E-state index in [1.54, 1.807) is 22.5 Å². The fraction of sp³-hybridized carbons (Fsp3) is 0.308. The van der Waals surface area contributed by atoms with Crippen molar-refractivity contribution >= 4 is 39.6 Å². The standard InChI is InChI=1S/C13H13N3O2S2/c17-11(15-13-14-5-8-20-13)9-3-1-6-16(9)12(18)10-4-2-7-19-10/h2,4-5,7-9H,1,3,6H2,(H,14,15,17)/t9-/m1/s1. The van der Waals surface area contributed by atoms with Crippen molar-refractivity contribution in [3.05, 3.63) is 34.0 Å². The number of anilines is 1. The van der Waals surface area contributed by atoms with Crippen LogP contribution < -0.4 is 5.32 Å². The second-order valence-corrected chi connectivity index (χ2v) is 6.30. The van der Waals surface area contributed by atoms with Crippen LogP contribution in [0.3, 0.4) is 0 Å². The molecule has 0 aromatic carbocycles. The van der Waals surface area contributed by atoms with Crippen LogP contribution in [0.2, 0.25) is 0 Å². The van der Waals surface area contributed by atoms with Gasteiger partial charge in [-0.05, 0) is 24.3 Å². The molecule has 2 aromatic rings. The Labute approximate surface area is 124 Å². The van der Waals surface area contributed by atoms with Crippen molar-refractivity contribution in [1.29, 1.82) is 0 Å². The minimum Gasteiger partial charge on any atom is -0.326 e. The lowest BCUT2D eigenvalue weighted by Gasteiger charge is -2.22. The van der Waals surface area contributed by atoms with Gasteiger partial charge in [-0.2, -0.15) is 0 Å². The molecular weight excluding hydrogens is 294 g/mol. The molecule has 0 spiro atoms. The average molecular weight is 307 g/mol. The SMILES string of the molecule is O=C(Nc1nccs1)[C@H]1CCCN1C(=O)c1cccs1. The number of likely N-dealkylation sites (tertiary alicyclic amines) is 1. The van der Waals surface area contributed by atoms with E-state index in [2.05, 4.69) is 10.3 Å². The second-order valence-electron chi connectivity index (χ2n) is 4.46. The maximum atomic E-state index is 12.4. The monoisotopic (exact) mass is 307 g/mol. The molecule has 3 rings (SSSR count). The molecule has 0 radical (unpaired) electrons. The highest BCUT2D eigenvalue weighted by Gasteiger charge is 2.35. The Morgan fingerprint density at radius 1 is 1.35 bits per heavy atom. The molecule has 104 valence electrons. The summed E-state index contributed by atoms with van der Waals surface area (Å²) in [5.74, 6) is -0.209. The molecule has 2 amide bonds. The van der Waals surface area contributed by atoms with Gasteiger partial charge in [-0.1, -0.05) is 6.07 Å². The average Bonchev–Trinajstić information content (AvgIpc) is 3.19. The molecule has 0 bridgehead atoms. The van der Waals surface area contributed by atoms with Gasteiger partial charge >= 0.3 is 0 Å². The van der Waals surface area contributed by atoms with Crippen LogP contribution in [0.15, 0.2) is 29.1 Å². The summed E-state index contributed by atoms with van der Waals surface area (Å²) in [7, 11) is 0. The first-order valence-electron chi connectivity index (χ1n) is 6.30. The van der Waals surface area contributed by atoms with Gasteiger partial charge < -0.3 is 10.2 Å². The Hall–Kier alpha value is -1.73. The number of carbonyl (C=O) groups is 2. The number of aromatic nitrogens is 1. The summed E-state index contributed by atoms with van der Waals surface area (Å²) < 4.78 is 0. The minimum absolute atomic E-state index is 0.0585. The van der Waals surface area contributed by atoms with E-state index in [-0.39, 0.29) is 11.8 Å². The largest absolute Gasteiger partial charge is 0.326 e. The summed E-state index contributed by atoms with van der Waals surface area (Å²) in [5, 5.41) is 7.02. The number of amides is 2. The van der Waals surface area contributed by atoms with Gasteiger partial charge in [-0.25, -0.2) is 4.98 Å². The van der Waals surface area contributed by atoms with Crippen LogP contribution in [-0.2, 0) is 4.79 Å². The molecule has 20 heavy (non-hydrogen) atoms. The molecule has 1 N–H and O–H groups in total. The number of hydrogen-bond acceptors (Lipinski definition) is 5. The molecule has 5 nitrogen and oxygen atoms in total. The predicted octanol–water partition coefficient (Wildman–Crippen LogP) is 2.45. The van der Waals surface area contributed by atoms with Crippen molar-refractivity contribution in [2.24, 2.45) is 0 Å². The Morgan fingerprint density at radius 2 is 2.25 bits per heavy atom. The molecule has 1 aliphatic rings. The van der Waals surface area contributed by atoms with Crippen molar-refractivity contribution < 1.29 is 9.59 Å². The van der Waals surface area contributed by atoms with E-state index < -0.39 is 6.04 Å². The van der Waals surface area contributed by atoms with E-state index in [0.717, 1.165) is 6.42 Å². The van der Waals surface area contributed by atoms with E-state index in [1.807, 2.05) is 11.4 Å². The second kappa shape index (κ2) is 5.72. The quantitative estimate of drug-likeness (QED) is 0.947. The number of carbonyl (C=O) groups excluding carboxylic acids is 2. The number of rotatable bonds is 3. The van der Waals surface area contributed by atoms with E-state index in [9.17, 15) is 9.59 Å². The van der Waals surface area contributed by atoms with Crippen molar-refractivity contribution in [2.45, 2.75) is 18.9 Å². The molecule has 7 heteroatoms. The third kappa shape index (κ3) is 2.59. The summed E-state index contributed by atoms with van der Waals surface area (Å²) in [6.45, 7) is 0.632. The van der Waals surface area contributed by atoms with E-state index in [0.29, 0.717) is 23.0 Å². The fourth-order valence-corrected chi connectivity index (χ4v) is 3.51. The third-order valence-corrected chi connectivity index (χ3v) is 4.76. The number of thiazole rings is 1. The maximum absolute atomic E-state index is 12.4. The van der Waals surface area contributed by atoms with Crippen LogP contribution in [0.4, 0.5) is 5.13 Å². The van der Waals surface area contributed by atoms with Crippen LogP contribution in [0.1, 0.15) is 22.5 Å². The summed E-state index contributed by atoms with van der Waals surface area (Å²) in [4.78, 5) is 31.0. The van der Waals surface area contributed by atoms with Crippen LogP contribution in [0.5, 0.6) is 0 Å². The molecule has 1 atom stereocenters. The van der Waals surface area contributed by atoms with Crippen molar-refractivity contribution in [3.8, 4) is 0 Å². The Balaban J connectivity index is 1.72. The summed E-state index contributed by atoms with van der Waals surface area (Å²) in [5.41, 5.74) is 0. The smallest absolute Gasteiger partial charge is 0.264 e. The minimum atomic E-state index is -0.395. The maximum Gasteiger partial charge on any atom is 0.264 e. The molecule has 1 aliphatic heterocycles. The summed E-state index contributed by atoms with van der Waals surface area (Å²) >= 11 is 2.78. The van der Waals surface area contributed by atoms with E-state index in [4.69, 9.17) is 0 Å². The highest BCUT2D eigenvalue weighted by atomic mass is 32.1. The lowest BCUT2D eigenvalue weighted by Crippen LogP contribution is -2.42. The first-order valence-corrected chi connectivity index (χ1v) is 8.06. The van der Waals surface area contributed by atoms with Gasteiger partial charge in [0, 0.05) is 18.1 Å². The highest BCUT2D eigenvalue weighted by molar-refractivity contribution is 7.13.